The molecule has 0 bridgehead atoms. The van der Waals surface area contributed by atoms with Crippen molar-refractivity contribution in [2.24, 2.45) is 11.8 Å². The molecule has 2 N–H and O–H groups in total. The van der Waals surface area contributed by atoms with Crippen molar-refractivity contribution < 1.29 is 24.2 Å². The zero-order valence-electron chi connectivity index (χ0n) is 11.5. The molecule has 2 aliphatic rings. The Labute approximate surface area is 117 Å². The normalized spacial score (nSPS) is 29.9. The molecule has 0 aliphatic carbocycles. The van der Waals surface area contributed by atoms with Gasteiger partial charge in [-0.15, -0.1) is 0 Å². The quantitative estimate of drug-likeness (QED) is 0.723. The summed E-state index contributed by atoms with van der Waals surface area (Å²) in [5, 5.41) is 11.9. The maximum absolute atomic E-state index is 12.5. The van der Waals surface area contributed by atoms with Crippen LogP contribution in [-0.4, -0.2) is 60.1 Å². The van der Waals surface area contributed by atoms with Crippen LogP contribution < -0.4 is 5.32 Å². The highest BCUT2D eigenvalue weighted by Crippen LogP contribution is 2.23. The molecule has 0 spiro atoms. The van der Waals surface area contributed by atoms with Crippen LogP contribution >= 0.6 is 0 Å². The van der Waals surface area contributed by atoms with Crippen molar-refractivity contribution in [3.8, 4) is 0 Å². The van der Waals surface area contributed by atoms with E-state index in [1.54, 1.807) is 4.90 Å². The van der Waals surface area contributed by atoms with Gasteiger partial charge >= 0.3 is 5.97 Å². The van der Waals surface area contributed by atoms with Gasteiger partial charge in [0.2, 0.25) is 11.8 Å². The van der Waals surface area contributed by atoms with E-state index in [1.807, 2.05) is 6.92 Å². The van der Waals surface area contributed by atoms with E-state index in [0.29, 0.717) is 25.9 Å². The number of ether oxygens (including phenoxy) is 1. The highest BCUT2D eigenvalue weighted by atomic mass is 16.5. The number of carboxylic acid groups (broad SMARTS) is 1. The third-order valence-corrected chi connectivity index (χ3v) is 4.01. The molecule has 2 heterocycles. The van der Waals surface area contributed by atoms with Gasteiger partial charge in [0.05, 0.1) is 25.2 Å². The predicted molar refractivity (Wildman–Crippen MR) is 68.9 cm³/mol. The third-order valence-electron chi connectivity index (χ3n) is 4.01. The molecule has 2 saturated heterocycles. The highest BCUT2D eigenvalue weighted by Gasteiger charge is 2.41. The molecule has 112 valence electrons. The first-order valence-electron chi connectivity index (χ1n) is 6.92. The maximum atomic E-state index is 12.5. The molecule has 0 aromatic heterocycles. The van der Waals surface area contributed by atoms with Crippen LogP contribution in [-0.2, 0) is 19.1 Å². The van der Waals surface area contributed by atoms with Gasteiger partial charge in [0, 0.05) is 19.5 Å². The van der Waals surface area contributed by atoms with E-state index in [2.05, 4.69) is 5.32 Å². The van der Waals surface area contributed by atoms with Crippen LogP contribution in [0, 0.1) is 11.8 Å². The van der Waals surface area contributed by atoms with Gasteiger partial charge in [-0.3, -0.25) is 14.4 Å². The van der Waals surface area contributed by atoms with Gasteiger partial charge in [-0.05, 0) is 13.3 Å². The molecule has 0 radical (unpaired) electrons. The largest absolute Gasteiger partial charge is 0.481 e. The van der Waals surface area contributed by atoms with Crippen molar-refractivity contribution in [1.82, 2.24) is 10.2 Å². The Morgan fingerprint density at radius 2 is 2.20 bits per heavy atom. The summed E-state index contributed by atoms with van der Waals surface area (Å²) < 4.78 is 5.22. The van der Waals surface area contributed by atoms with Crippen molar-refractivity contribution >= 4 is 17.8 Å². The van der Waals surface area contributed by atoms with E-state index in [1.165, 1.54) is 0 Å². The molecule has 0 aromatic carbocycles. The topological polar surface area (TPSA) is 95.9 Å². The summed E-state index contributed by atoms with van der Waals surface area (Å²) in [6.45, 7) is 3.01. The van der Waals surface area contributed by atoms with Crippen molar-refractivity contribution in [2.75, 3.05) is 26.3 Å². The average Bonchev–Trinajstić information content (AvgIpc) is 2.89. The van der Waals surface area contributed by atoms with Crippen molar-refractivity contribution in [3.05, 3.63) is 0 Å². The highest BCUT2D eigenvalue weighted by molar-refractivity contribution is 5.84. The van der Waals surface area contributed by atoms with Crippen molar-refractivity contribution in [1.29, 1.82) is 0 Å². The Balaban J connectivity index is 2.05. The van der Waals surface area contributed by atoms with E-state index >= 15 is 0 Å². The molecule has 0 aromatic rings. The summed E-state index contributed by atoms with van der Waals surface area (Å²) in [7, 11) is 0. The standard InChI is InChI=1S/C13H20N2O5/c1-2-15(10-7-20-6-9(10)13(18)19)12(17)8-3-4-11(16)14-5-8/h8-10H,2-7H2,1H3,(H,14,16)(H,18,19). The number of carbonyl (C=O) groups excluding carboxylic acids is 2. The third kappa shape index (κ3) is 2.92. The van der Waals surface area contributed by atoms with Gasteiger partial charge in [-0.2, -0.15) is 0 Å². The molecular formula is C13H20N2O5. The second-order valence-corrected chi connectivity index (χ2v) is 5.21. The van der Waals surface area contributed by atoms with E-state index in [4.69, 9.17) is 4.74 Å². The first kappa shape index (κ1) is 14.8. The lowest BCUT2D eigenvalue weighted by atomic mass is 9.95. The smallest absolute Gasteiger partial charge is 0.311 e. The first-order chi connectivity index (χ1) is 9.54. The number of amides is 2. The van der Waals surface area contributed by atoms with Gasteiger partial charge in [0.25, 0.3) is 0 Å². The predicted octanol–water partition coefficient (Wildman–Crippen LogP) is -0.539. The van der Waals surface area contributed by atoms with Gasteiger partial charge in [-0.1, -0.05) is 0 Å². The van der Waals surface area contributed by atoms with Crippen LogP contribution in [0.2, 0.25) is 0 Å². The summed E-state index contributed by atoms with van der Waals surface area (Å²) in [4.78, 5) is 36.4. The molecule has 2 rings (SSSR count). The Kier molecular flexibility index (Phi) is 4.59. The number of carboxylic acids is 1. The lowest BCUT2D eigenvalue weighted by Gasteiger charge is -2.33. The fourth-order valence-electron chi connectivity index (χ4n) is 2.82. The number of nitrogens with one attached hydrogen (secondary N) is 1. The van der Waals surface area contributed by atoms with E-state index in [-0.39, 0.29) is 30.9 Å². The number of nitrogens with zero attached hydrogens (tertiary/aromatic N) is 1. The van der Waals surface area contributed by atoms with Crippen LogP contribution in [0.25, 0.3) is 0 Å². The molecule has 2 amide bonds. The molecule has 2 aliphatic heterocycles. The van der Waals surface area contributed by atoms with Gasteiger partial charge in [-0.25, -0.2) is 0 Å². The Morgan fingerprint density at radius 1 is 1.45 bits per heavy atom. The van der Waals surface area contributed by atoms with Crippen LogP contribution in [0.1, 0.15) is 19.8 Å². The number of carbonyl (C=O) groups is 3. The number of likely N-dealkylation sites (N-methyl/N-ethyl adjacent to an activating group) is 1. The molecule has 7 nitrogen and oxygen atoms in total. The lowest BCUT2D eigenvalue weighted by Crippen LogP contribution is -2.51. The van der Waals surface area contributed by atoms with E-state index < -0.39 is 17.9 Å². The van der Waals surface area contributed by atoms with Crippen LogP contribution in [0.4, 0.5) is 0 Å². The van der Waals surface area contributed by atoms with Crippen molar-refractivity contribution in [3.63, 3.8) is 0 Å². The van der Waals surface area contributed by atoms with Crippen LogP contribution in [0.3, 0.4) is 0 Å². The van der Waals surface area contributed by atoms with Crippen LogP contribution in [0.15, 0.2) is 0 Å². The van der Waals surface area contributed by atoms with Crippen LogP contribution in [0.5, 0.6) is 0 Å². The zero-order chi connectivity index (χ0) is 14.7. The zero-order valence-corrected chi connectivity index (χ0v) is 11.5. The summed E-state index contributed by atoms with van der Waals surface area (Å²) in [5.41, 5.74) is 0. The lowest BCUT2D eigenvalue weighted by molar-refractivity contribution is -0.146. The second kappa shape index (κ2) is 6.21. The maximum Gasteiger partial charge on any atom is 0.311 e. The van der Waals surface area contributed by atoms with Crippen molar-refractivity contribution in [2.45, 2.75) is 25.8 Å². The molecular weight excluding hydrogens is 264 g/mol. The summed E-state index contributed by atoms with van der Waals surface area (Å²) in [6.07, 6.45) is 0.865. The SMILES string of the molecule is CCN(C(=O)C1CCC(=O)NC1)C1COCC1C(=O)O. The van der Waals surface area contributed by atoms with Gasteiger partial charge < -0.3 is 20.1 Å². The van der Waals surface area contributed by atoms with Gasteiger partial charge in [0.1, 0.15) is 5.92 Å². The monoisotopic (exact) mass is 284 g/mol. The number of rotatable bonds is 4. The average molecular weight is 284 g/mol. The number of aliphatic carboxylic acids is 1. The fourth-order valence-corrected chi connectivity index (χ4v) is 2.82. The number of hydrogen-bond acceptors (Lipinski definition) is 4. The summed E-state index contributed by atoms with van der Waals surface area (Å²) in [5.74, 6) is -1.99. The minimum Gasteiger partial charge on any atom is -0.481 e. The second-order valence-electron chi connectivity index (χ2n) is 5.21. The number of hydrogen-bond donors (Lipinski definition) is 2. The van der Waals surface area contributed by atoms with E-state index in [9.17, 15) is 19.5 Å². The minimum atomic E-state index is -0.935. The summed E-state index contributed by atoms with van der Waals surface area (Å²) in [6, 6.07) is -0.414. The van der Waals surface area contributed by atoms with Gasteiger partial charge in [0.15, 0.2) is 0 Å². The molecule has 0 saturated carbocycles. The Bertz CT molecular complexity index is 402. The molecule has 7 heteroatoms. The Morgan fingerprint density at radius 3 is 2.75 bits per heavy atom. The number of piperidine rings is 1. The first-order valence-corrected chi connectivity index (χ1v) is 6.92. The summed E-state index contributed by atoms with van der Waals surface area (Å²) >= 11 is 0. The molecule has 3 unspecified atom stereocenters. The molecule has 3 atom stereocenters. The Hall–Kier alpha value is -1.63. The molecule has 2 fully saturated rings. The minimum absolute atomic E-state index is 0.0373. The molecule has 20 heavy (non-hydrogen) atoms. The fraction of sp³-hybridized carbons (Fsp3) is 0.769. The van der Waals surface area contributed by atoms with E-state index in [0.717, 1.165) is 0 Å².